The van der Waals surface area contributed by atoms with Crippen molar-refractivity contribution >= 4 is 5.91 Å². The van der Waals surface area contributed by atoms with Crippen LogP contribution in [0.2, 0.25) is 0 Å². The molecule has 3 nitrogen and oxygen atoms in total. The minimum absolute atomic E-state index is 0.0714. The Hall–Kier alpha value is -1.49. The van der Waals surface area contributed by atoms with Crippen molar-refractivity contribution in [2.45, 2.75) is 12.6 Å². The molecule has 0 spiro atoms. The average Bonchev–Trinajstić information content (AvgIpc) is 2.27. The summed E-state index contributed by atoms with van der Waals surface area (Å²) in [6.07, 6.45) is 0. The van der Waals surface area contributed by atoms with Gasteiger partial charge in [-0.3, -0.25) is 4.79 Å². The van der Waals surface area contributed by atoms with E-state index in [1.807, 2.05) is 0 Å². The molecular weight excluding hydrogens is 216 g/mol. The monoisotopic (exact) mass is 228 g/mol. The number of carbonyl (C=O) groups is 1. The van der Waals surface area contributed by atoms with Crippen molar-refractivity contribution in [3.05, 3.63) is 41.6 Å². The number of alkyl halides is 1. The van der Waals surface area contributed by atoms with Gasteiger partial charge in [0.1, 0.15) is 5.82 Å². The Labute approximate surface area is 91.9 Å². The standard InChI is InChI=1S/C11H12F2NO2/c1-7(11(13,6-15)10(14)16)8-4-2-3-5-9(8)12/h2-5,15H,6H2,1H3,(H2,14,16)/t11-/m0/s1. The van der Waals surface area contributed by atoms with E-state index in [4.69, 9.17) is 10.8 Å². The summed E-state index contributed by atoms with van der Waals surface area (Å²) in [5.41, 5.74) is 2.05. The van der Waals surface area contributed by atoms with Crippen molar-refractivity contribution in [1.82, 2.24) is 0 Å². The predicted molar refractivity (Wildman–Crippen MR) is 54.5 cm³/mol. The number of amides is 1. The van der Waals surface area contributed by atoms with E-state index in [2.05, 4.69) is 0 Å². The van der Waals surface area contributed by atoms with Crippen LogP contribution in [0.15, 0.2) is 24.3 Å². The third kappa shape index (κ3) is 2.04. The SMILES string of the molecule is C[C](c1ccccc1F)[C@@](F)(CO)C(N)=O. The van der Waals surface area contributed by atoms with Crippen LogP contribution in [0.1, 0.15) is 12.5 Å². The number of benzene rings is 1. The maximum absolute atomic E-state index is 14.0. The van der Waals surface area contributed by atoms with Crippen molar-refractivity contribution in [1.29, 1.82) is 0 Å². The number of hydrogen-bond donors (Lipinski definition) is 2. The number of nitrogens with two attached hydrogens (primary N) is 1. The van der Waals surface area contributed by atoms with Gasteiger partial charge in [0.05, 0.1) is 12.5 Å². The summed E-state index contributed by atoms with van der Waals surface area (Å²) in [6.45, 7) is 0.113. The number of aliphatic hydroxyl groups is 1. The fourth-order valence-electron chi connectivity index (χ4n) is 1.36. The van der Waals surface area contributed by atoms with Crippen molar-refractivity contribution in [3.63, 3.8) is 0 Å². The molecule has 0 aliphatic heterocycles. The first-order chi connectivity index (χ1) is 7.43. The Kier molecular flexibility index (Phi) is 3.59. The third-order valence-corrected chi connectivity index (χ3v) is 2.48. The van der Waals surface area contributed by atoms with Gasteiger partial charge in [0.15, 0.2) is 0 Å². The fraction of sp³-hybridized carbons (Fsp3) is 0.273. The lowest BCUT2D eigenvalue weighted by Gasteiger charge is -2.26. The molecule has 0 fully saturated rings. The van der Waals surface area contributed by atoms with Gasteiger partial charge in [-0.05, 0) is 11.6 Å². The molecule has 1 atom stereocenters. The van der Waals surface area contributed by atoms with E-state index in [1.54, 1.807) is 0 Å². The van der Waals surface area contributed by atoms with Gasteiger partial charge in [-0.2, -0.15) is 0 Å². The van der Waals surface area contributed by atoms with E-state index in [1.165, 1.54) is 25.1 Å². The molecule has 1 rings (SSSR count). The highest BCUT2D eigenvalue weighted by Gasteiger charge is 2.44. The highest BCUT2D eigenvalue weighted by atomic mass is 19.1. The van der Waals surface area contributed by atoms with Crippen molar-refractivity contribution < 1.29 is 18.7 Å². The Morgan fingerprint density at radius 1 is 1.50 bits per heavy atom. The fourth-order valence-corrected chi connectivity index (χ4v) is 1.36. The highest BCUT2D eigenvalue weighted by molar-refractivity contribution is 5.87. The van der Waals surface area contributed by atoms with Crippen LogP contribution >= 0.6 is 0 Å². The topological polar surface area (TPSA) is 63.3 Å². The average molecular weight is 228 g/mol. The number of hydrogen-bond acceptors (Lipinski definition) is 2. The van der Waals surface area contributed by atoms with E-state index in [9.17, 15) is 13.6 Å². The number of rotatable bonds is 4. The maximum Gasteiger partial charge on any atom is 0.258 e. The molecule has 0 saturated carbocycles. The van der Waals surface area contributed by atoms with Crippen LogP contribution < -0.4 is 5.73 Å². The zero-order chi connectivity index (χ0) is 12.3. The first-order valence-corrected chi connectivity index (χ1v) is 4.62. The number of aliphatic hydroxyl groups excluding tert-OH is 1. The molecule has 0 saturated heterocycles. The smallest absolute Gasteiger partial charge is 0.258 e. The summed E-state index contributed by atoms with van der Waals surface area (Å²) >= 11 is 0. The second-order valence-electron chi connectivity index (χ2n) is 3.43. The first kappa shape index (κ1) is 12.6. The van der Waals surface area contributed by atoms with Crippen molar-refractivity contribution in [3.8, 4) is 0 Å². The van der Waals surface area contributed by atoms with E-state index in [0.717, 1.165) is 6.07 Å². The molecule has 0 unspecified atom stereocenters. The molecule has 0 bridgehead atoms. The molecule has 3 N–H and O–H groups in total. The minimum atomic E-state index is -2.73. The molecule has 16 heavy (non-hydrogen) atoms. The van der Waals surface area contributed by atoms with E-state index in [0.29, 0.717) is 0 Å². The third-order valence-electron chi connectivity index (χ3n) is 2.48. The summed E-state index contributed by atoms with van der Waals surface area (Å²) in [6, 6.07) is 5.39. The quantitative estimate of drug-likeness (QED) is 0.806. The van der Waals surface area contributed by atoms with Gasteiger partial charge in [-0.25, -0.2) is 8.78 Å². The largest absolute Gasteiger partial charge is 0.392 e. The van der Waals surface area contributed by atoms with Gasteiger partial charge < -0.3 is 10.8 Å². The first-order valence-electron chi connectivity index (χ1n) is 4.62. The maximum atomic E-state index is 14.0. The second kappa shape index (κ2) is 4.57. The lowest BCUT2D eigenvalue weighted by atomic mass is 9.84. The molecule has 1 aromatic carbocycles. The molecule has 5 heteroatoms. The lowest BCUT2D eigenvalue weighted by molar-refractivity contribution is -0.130. The van der Waals surface area contributed by atoms with Crippen molar-refractivity contribution in [2.24, 2.45) is 5.73 Å². The van der Waals surface area contributed by atoms with Crippen molar-refractivity contribution in [2.75, 3.05) is 6.61 Å². The molecular formula is C11H12F2NO2. The van der Waals surface area contributed by atoms with Gasteiger partial charge in [-0.1, -0.05) is 25.1 Å². The molecule has 0 aliphatic rings. The van der Waals surface area contributed by atoms with Crippen LogP contribution in [0.3, 0.4) is 0 Å². The number of carbonyl (C=O) groups excluding carboxylic acids is 1. The Balaban J connectivity index is 3.15. The zero-order valence-electron chi connectivity index (χ0n) is 8.71. The summed E-state index contributed by atoms with van der Waals surface area (Å²) in [5, 5.41) is 8.86. The molecule has 87 valence electrons. The lowest BCUT2D eigenvalue weighted by Crippen LogP contribution is -2.47. The van der Waals surface area contributed by atoms with Crippen LogP contribution in [-0.2, 0) is 4.79 Å². The Morgan fingerprint density at radius 3 is 2.50 bits per heavy atom. The van der Waals surface area contributed by atoms with Crippen LogP contribution in [0.25, 0.3) is 0 Å². The van der Waals surface area contributed by atoms with Crippen LogP contribution in [0.5, 0.6) is 0 Å². The normalized spacial score (nSPS) is 14.8. The molecule has 0 heterocycles. The number of halogens is 2. The zero-order valence-corrected chi connectivity index (χ0v) is 8.71. The minimum Gasteiger partial charge on any atom is -0.392 e. The Bertz CT molecular complexity index is 397. The van der Waals surface area contributed by atoms with Gasteiger partial charge >= 0.3 is 0 Å². The highest BCUT2D eigenvalue weighted by Crippen LogP contribution is 2.31. The van der Waals surface area contributed by atoms with Gasteiger partial charge in [0.25, 0.3) is 5.91 Å². The molecule has 0 aliphatic carbocycles. The van der Waals surface area contributed by atoms with Gasteiger partial charge in [0, 0.05) is 0 Å². The second-order valence-corrected chi connectivity index (χ2v) is 3.43. The molecule has 1 radical (unpaired) electrons. The van der Waals surface area contributed by atoms with E-state index < -0.39 is 24.0 Å². The summed E-state index contributed by atoms with van der Waals surface area (Å²) in [4.78, 5) is 10.9. The summed E-state index contributed by atoms with van der Waals surface area (Å²) in [7, 11) is 0. The summed E-state index contributed by atoms with van der Waals surface area (Å²) in [5.74, 6) is -2.24. The van der Waals surface area contributed by atoms with E-state index >= 15 is 0 Å². The van der Waals surface area contributed by atoms with E-state index in [-0.39, 0.29) is 11.5 Å². The van der Waals surface area contributed by atoms with Crippen LogP contribution in [0.4, 0.5) is 8.78 Å². The van der Waals surface area contributed by atoms with Gasteiger partial charge in [-0.15, -0.1) is 0 Å². The predicted octanol–water partition coefficient (Wildman–Crippen LogP) is 0.954. The van der Waals surface area contributed by atoms with Crippen LogP contribution in [0, 0.1) is 11.7 Å². The molecule has 0 aromatic heterocycles. The Morgan fingerprint density at radius 2 is 2.06 bits per heavy atom. The number of primary amides is 1. The molecule has 1 aromatic rings. The summed E-state index contributed by atoms with van der Waals surface area (Å²) < 4.78 is 27.3. The van der Waals surface area contributed by atoms with Crippen LogP contribution in [-0.4, -0.2) is 23.3 Å². The van der Waals surface area contributed by atoms with Gasteiger partial charge in [0.2, 0.25) is 5.67 Å². The molecule has 1 amide bonds.